The Bertz CT molecular complexity index is 1160. The van der Waals surface area contributed by atoms with Crippen molar-refractivity contribution in [1.29, 1.82) is 0 Å². The number of carbonyl (C=O) groups is 1. The summed E-state index contributed by atoms with van der Waals surface area (Å²) >= 11 is 1.33. The first-order valence-corrected chi connectivity index (χ1v) is 10.9. The molecule has 0 unspecified atom stereocenters. The first kappa shape index (κ1) is 21.1. The van der Waals surface area contributed by atoms with Crippen LogP contribution in [0.3, 0.4) is 0 Å². The average Bonchev–Trinajstić information content (AvgIpc) is 3.40. The van der Waals surface area contributed by atoms with Gasteiger partial charge in [-0.2, -0.15) is 4.52 Å². The third-order valence-corrected chi connectivity index (χ3v) is 6.27. The van der Waals surface area contributed by atoms with E-state index in [2.05, 4.69) is 15.4 Å². The normalized spacial score (nSPS) is 16.0. The lowest BCUT2D eigenvalue weighted by molar-refractivity contribution is -0.122. The second-order valence-electron chi connectivity index (χ2n) is 7.40. The lowest BCUT2D eigenvalue weighted by Crippen LogP contribution is -2.44. The Kier molecular flexibility index (Phi) is 6.08. The maximum absolute atomic E-state index is 12.9. The van der Waals surface area contributed by atoms with E-state index in [0.717, 1.165) is 24.9 Å². The topological polar surface area (TPSA) is 98.1 Å². The van der Waals surface area contributed by atoms with Crippen molar-refractivity contribution in [3.05, 3.63) is 45.9 Å². The van der Waals surface area contributed by atoms with Crippen LogP contribution in [0.1, 0.15) is 24.1 Å². The highest BCUT2D eigenvalue weighted by molar-refractivity contribution is 7.20. The highest BCUT2D eigenvalue weighted by Crippen LogP contribution is 2.29. The molecule has 0 saturated carbocycles. The third-order valence-electron chi connectivity index (χ3n) is 5.32. The molecule has 1 atom stereocenters. The van der Waals surface area contributed by atoms with Crippen LogP contribution in [0.5, 0.6) is 11.5 Å². The molecule has 1 aliphatic heterocycles. The number of amides is 1. The summed E-state index contributed by atoms with van der Waals surface area (Å²) in [6.07, 6.45) is 2.32. The van der Waals surface area contributed by atoms with Crippen molar-refractivity contribution in [3.63, 3.8) is 0 Å². The monoisotopic (exact) mass is 443 g/mol. The van der Waals surface area contributed by atoms with Gasteiger partial charge in [0.25, 0.3) is 5.56 Å². The fraction of sp³-hybridized carbons (Fsp3) is 0.429. The molecular formula is C21H25N5O4S. The molecule has 2 aromatic heterocycles. The predicted octanol–water partition coefficient (Wildman–Crippen LogP) is 1.80. The molecule has 4 rings (SSSR count). The SMILES string of the molecule is COc1ccc(CCNC(=O)[C@H]2CCCN2c2nn3c(=O)cc(C)nc3s2)cc1OC. The standard InChI is InChI=1S/C21H25N5O4S/c1-13-11-18(27)26-20(23-13)31-21(24-26)25-10-4-5-15(25)19(28)22-9-8-14-6-7-16(29-2)17(12-14)30-3/h6-7,11-12,15H,4-5,8-10H2,1-3H3,(H,22,28)/t15-/m1/s1. The Morgan fingerprint density at radius 2 is 2.06 bits per heavy atom. The number of hydrogen-bond acceptors (Lipinski definition) is 8. The van der Waals surface area contributed by atoms with Gasteiger partial charge in [-0.3, -0.25) is 9.59 Å². The van der Waals surface area contributed by atoms with Gasteiger partial charge >= 0.3 is 0 Å². The van der Waals surface area contributed by atoms with Crippen molar-refractivity contribution in [3.8, 4) is 11.5 Å². The smallest absolute Gasteiger partial charge is 0.275 e. The molecule has 1 aliphatic rings. The number of carbonyl (C=O) groups excluding carboxylic acids is 1. The van der Waals surface area contributed by atoms with Crippen LogP contribution in [-0.4, -0.2) is 53.9 Å². The second-order valence-corrected chi connectivity index (χ2v) is 8.33. The molecule has 3 heterocycles. The zero-order valence-electron chi connectivity index (χ0n) is 17.8. The van der Waals surface area contributed by atoms with Gasteiger partial charge in [-0.05, 0) is 43.9 Å². The summed E-state index contributed by atoms with van der Waals surface area (Å²) < 4.78 is 11.9. The molecule has 31 heavy (non-hydrogen) atoms. The maximum atomic E-state index is 12.9. The summed E-state index contributed by atoms with van der Waals surface area (Å²) in [7, 11) is 3.20. The van der Waals surface area contributed by atoms with E-state index in [-0.39, 0.29) is 17.5 Å². The predicted molar refractivity (Wildman–Crippen MR) is 118 cm³/mol. The fourth-order valence-electron chi connectivity index (χ4n) is 3.78. The molecule has 1 aromatic carbocycles. The van der Waals surface area contributed by atoms with Crippen molar-refractivity contribution in [2.24, 2.45) is 0 Å². The minimum atomic E-state index is -0.303. The van der Waals surface area contributed by atoms with E-state index >= 15 is 0 Å². The van der Waals surface area contributed by atoms with Crippen molar-refractivity contribution in [1.82, 2.24) is 19.9 Å². The number of ether oxygens (including phenoxy) is 2. The van der Waals surface area contributed by atoms with Crippen LogP contribution in [0.15, 0.2) is 29.1 Å². The van der Waals surface area contributed by atoms with Crippen molar-refractivity contribution in [2.75, 3.05) is 32.2 Å². The van der Waals surface area contributed by atoms with Crippen LogP contribution in [0.4, 0.5) is 5.13 Å². The number of aromatic nitrogens is 3. The van der Waals surface area contributed by atoms with E-state index in [1.807, 2.05) is 23.1 Å². The van der Waals surface area contributed by atoms with E-state index in [9.17, 15) is 9.59 Å². The van der Waals surface area contributed by atoms with Crippen molar-refractivity contribution >= 4 is 27.3 Å². The summed E-state index contributed by atoms with van der Waals surface area (Å²) in [6.45, 7) is 3.02. The van der Waals surface area contributed by atoms with Gasteiger partial charge in [-0.25, -0.2) is 4.98 Å². The van der Waals surface area contributed by atoms with Crippen LogP contribution in [0, 0.1) is 6.92 Å². The first-order chi connectivity index (χ1) is 15.0. The Morgan fingerprint density at radius 1 is 1.26 bits per heavy atom. The van der Waals surface area contributed by atoms with E-state index in [1.165, 1.54) is 21.9 Å². The molecule has 1 amide bonds. The number of fused-ring (bicyclic) bond motifs is 1. The highest BCUT2D eigenvalue weighted by atomic mass is 32.1. The molecule has 1 fully saturated rings. The summed E-state index contributed by atoms with van der Waals surface area (Å²) in [5.74, 6) is 1.31. The van der Waals surface area contributed by atoms with Gasteiger partial charge in [-0.15, -0.1) is 5.10 Å². The molecule has 10 heteroatoms. The molecule has 0 aliphatic carbocycles. The van der Waals surface area contributed by atoms with Gasteiger partial charge in [0.05, 0.1) is 14.2 Å². The molecule has 1 saturated heterocycles. The average molecular weight is 444 g/mol. The van der Waals surface area contributed by atoms with Gasteiger partial charge < -0.3 is 19.7 Å². The maximum Gasteiger partial charge on any atom is 0.275 e. The largest absolute Gasteiger partial charge is 0.493 e. The van der Waals surface area contributed by atoms with Crippen molar-refractivity contribution < 1.29 is 14.3 Å². The molecule has 1 N–H and O–H groups in total. The summed E-state index contributed by atoms with van der Waals surface area (Å²) in [5, 5.41) is 8.09. The van der Waals surface area contributed by atoms with E-state index in [0.29, 0.717) is 40.3 Å². The molecular weight excluding hydrogens is 418 g/mol. The van der Waals surface area contributed by atoms with Gasteiger partial charge in [0.2, 0.25) is 16.0 Å². The quantitative estimate of drug-likeness (QED) is 0.595. The number of anilines is 1. The minimum Gasteiger partial charge on any atom is -0.493 e. The Morgan fingerprint density at radius 3 is 2.84 bits per heavy atom. The van der Waals surface area contributed by atoms with E-state index in [1.54, 1.807) is 21.1 Å². The highest BCUT2D eigenvalue weighted by Gasteiger charge is 2.33. The lowest BCUT2D eigenvalue weighted by atomic mass is 10.1. The van der Waals surface area contributed by atoms with E-state index < -0.39 is 0 Å². The summed E-state index contributed by atoms with van der Waals surface area (Å²) in [5.41, 5.74) is 1.50. The van der Waals surface area contributed by atoms with E-state index in [4.69, 9.17) is 9.47 Å². The second kappa shape index (κ2) is 8.93. The number of aryl methyl sites for hydroxylation is 1. The van der Waals surface area contributed by atoms with Gasteiger partial charge in [0, 0.05) is 24.8 Å². The first-order valence-electron chi connectivity index (χ1n) is 10.1. The van der Waals surface area contributed by atoms with Gasteiger partial charge in [0.1, 0.15) is 6.04 Å². The molecule has 0 spiro atoms. The number of methoxy groups -OCH3 is 2. The number of rotatable bonds is 7. The number of nitrogens with one attached hydrogen (secondary N) is 1. The van der Waals surface area contributed by atoms with Crippen LogP contribution >= 0.6 is 11.3 Å². The fourth-order valence-corrected chi connectivity index (χ4v) is 4.81. The number of benzene rings is 1. The zero-order valence-corrected chi connectivity index (χ0v) is 18.6. The van der Waals surface area contributed by atoms with Crippen LogP contribution in [-0.2, 0) is 11.2 Å². The van der Waals surface area contributed by atoms with Gasteiger partial charge in [-0.1, -0.05) is 17.4 Å². The molecule has 164 valence electrons. The van der Waals surface area contributed by atoms with Crippen molar-refractivity contribution in [2.45, 2.75) is 32.2 Å². The molecule has 0 radical (unpaired) electrons. The molecule has 3 aromatic rings. The molecule has 0 bridgehead atoms. The zero-order chi connectivity index (χ0) is 22.0. The molecule has 9 nitrogen and oxygen atoms in total. The summed E-state index contributed by atoms with van der Waals surface area (Å²) in [4.78, 5) is 31.9. The third kappa shape index (κ3) is 4.34. The minimum absolute atomic E-state index is 0.0336. The van der Waals surface area contributed by atoms with Crippen LogP contribution < -0.4 is 25.2 Å². The van der Waals surface area contributed by atoms with Crippen LogP contribution in [0.2, 0.25) is 0 Å². The lowest BCUT2D eigenvalue weighted by Gasteiger charge is -2.22. The van der Waals surface area contributed by atoms with Crippen LogP contribution in [0.25, 0.3) is 4.96 Å². The number of nitrogens with zero attached hydrogens (tertiary/aromatic N) is 4. The Balaban J connectivity index is 1.42. The number of hydrogen-bond donors (Lipinski definition) is 1. The summed E-state index contributed by atoms with van der Waals surface area (Å²) in [6, 6.07) is 6.89. The Hall–Kier alpha value is -3.14. The van der Waals surface area contributed by atoms with Gasteiger partial charge in [0.15, 0.2) is 11.5 Å². The Labute approximate surface area is 183 Å².